The predicted molar refractivity (Wildman–Crippen MR) is 126 cm³/mol. The molecule has 1 unspecified atom stereocenters. The summed E-state index contributed by atoms with van der Waals surface area (Å²) in [5.41, 5.74) is 5.61. The maximum Gasteiger partial charge on any atom is 0.411 e. The van der Waals surface area contributed by atoms with Crippen LogP contribution in [0.2, 0.25) is 5.02 Å². The summed E-state index contributed by atoms with van der Waals surface area (Å²) in [6.45, 7) is 5.80. The number of anilines is 1. The second-order valence-corrected chi connectivity index (χ2v) is 8.66. The van der Waals surface area contributed by atoms with Crippen LogP contribution < -0.4 is 10.6 Å². The summed E-state index contributed by atoms with van der Waals surface area (Å²) in [6, 6.07) is 10.9. The molecule has 1 aromatic heterocycles. The molecular formula is C25H24ClN3O4. The van der Waals surface area contributed by atoms with Crippen LogP contribution in [0.3, 0.4) is 0 Å². The first-order valence-electron chi connectivity index (χ1n) is 10.7. The van der Waals surface area contributed by atoms with Gasteiger partial charge in [0.05, 0.1) is 11.4 Å². The summed E-state index contributed by atoms with van der Waals surface area (Å²) >= 11 is 6.09. The molecule has 170 valence electrons. The van der Waals surface area contributed by atoms with E-state index in [2.05, 4.69) is 10.6 Å². The third kappa shape index (κ3) is 4.83. The molecular weight excluding hydrogens is 442 g/mol. The van der Waals surface area contributed by atoms with Gasteiger partial charge in [-0.2, -0.15) is 0 Å². The fraction of sp³-hybridized carbons (Fsp3) is 0.280. The molecule has 0 saturated carbocycles. The molecule has 1 saturated heterocycles. The highest BCUT2D eigenvalue weighted by molar-refractivity contribution is 6.31. The van der Waals surface area contributed by atoms with Crippen LogP contribution in [0.5, 0.6) is 0 Å². The van der Waals surface area contributed by atoms with Gasteiger partial charge in [-0.3, -0.25) is 25.2 Å². The molecule has 0 aliphatic carbocycles. The van der Waals surface area contributed by atoms with Crippen LogP contribution >= 0.6 is 11.6 Å². The van der Waals surface area contributed by atoms with Crippen molar-refractivity contribution in [1.82, 2.24) is 10.3 Å². The highest BCUT2D eigenvalue weighted by Crippen LogP contribution is 2.33. The van der Waals surface area contributed by atoms with E-state index < -0.39 is 6.09 Å². The van der Waals surface area contributed by atoms with Gasteiger partial charge in [0, 0.05) is 28.2 Å². The fourth-order valence-corrected chi connectivity index (χ4v) is 4.37. The fourth-order valence-electron chi connectivity index (χ4n) is 4.19. The van der Waals surface area contributed by atoms with E-state index in [-0.39, 0.29) is 24.3 Å². The molecule has 3 amide bonds. The normalized spacial score (nSPS) is 15.9. The Morgan fingerprint density at radius 1 is 1.18 bits per heavy atom. The Balaban J connectivity index is 1.50. The van der Waals surface area contributed by atoms with Crippen LogP contribution in [0.15, 0.2) is 36.4 Å². The molecule has 8 heteroatoms. The molecule has 0 bridgehead atoms. The largest absolute Gasteiger partial charge is 0.444 e. The molecule has 1 atom stereocenters. The number of aromatic nitrogens is 1. The van der Waals surface area contributed by atoms with E-state index in [0.717, 1.165) is 38.9 Å². The standard InChI is InChI=1S/C25H24ClN3O4/c1-13-4-6-17(11-20(13)26)28-25(32)33-12-16-5-7-18-14(2)23(15(3)27-21(18)10-16)19-8-9-22(30)29-24(19)31/h4-7,10-11,19H,8-9,12H2,1-3H3,(H,28,32)(H,29,30,31). The number of imide groups is 1. The summed E-state index contributed by atoms with van der Waals surface area (Å²) in [6.07, 6.45) is 0.219. The first-order valence-corrected chi connectivity index (χ1v) is 11.0. The Kier molecular flexibility index (Phi) is 6.33. The van der Waals surface area contributed by atoms with Crippen molar-refractivity contribution in [3.05, 3.63) is 69.4 Å². The zero-order valence-corrected chi connectivity index (χ0v) is 19.4. The van der Waals surface area contributed by atoms with E-state index in [1.807, 2.05) is 45.0 Å². The van der Waals surface area contributed by atoms with Crippen LogP contribution in [0.4, 0.5) is 10.5 Å². The predicted octanol–water partition coefficient (Wildman–Crippen LogP) is 5.08. The zero-order chi connectivity index (χ0) is 23.7. The minimum atomic E-state index is -0.580. The molecule has 0 spiro atoms. The Hall–Kier alpha value is -3.45. The topological polar surface area (TPSA) is 97.4 Å². The van der Waals surface area contributed by atoms with Gasteiger partial charge in [-0.05, 0) is 67.6 Å². The summed E-state index contributed by atoms with van der Waals surface area (Å²) in [5.74, 6) is -0.898. The molecule has 7 nitrogen and oxygen atoms in total. The summed E-state index contributed by atoms with van der Waals surface area (Å²) in [5, 5.41) is 6.57. The number of nitrogens with zero attached hydrogens (tertiary/aromatic N) is 1. The quantitative estimate of drug-likeness (QED) is 0.523. The number of carbonyl (C=O) groups is 3. The maximum atomic E-state index is 12.4. The van der Waals surface area contributed by atoms with Gasteiger partial charge >= 0.3 is 6.09 Å². The molecule has 1 fully saturated rings. The van der Waals surface area contributed by atoms with Gasteiger partial charge < -0.3 is 4.74 Å². The molecule has 3 aromatic rings. The molecule has 2 N–H and O–H groups in total. The highest BCUT2D eigenvalue weighted by atomic mass is 35.5. The monoisotopic (exact) mass is 465 g/mol. The smallest absolute Gasteiger partial charge is 0.411 e. The summed E-state index contributed by atoms with van der Waals surface area (Å²) < 4.78 is 5.35. The van der Waals surface area contributed by atoms with Gasteiger partial charge in [0.15, 0.2) is 0 Å². The molecule has 2 heterocycles. The Bertz CT molecular complexity index is 1290. The van der Waals surface area contributed by atoms with Crippen LogP contribution in [-0.2, 0) is 20.9 Å². The second kappa shape index (κ2) is 9.19. The van der Waals surface area contributed by atoms with Crippen LogP contribution in [0, 0.1) is 20.8 Å². The number of carbonyl (C=O) groups excluding carboxylic acids is 3. The first kappa shape index (κ1) is 22.7. The van der Waals surface area contributed by atoms with Crippen molar-refractivity contribution in [2.45, 2.75) is 46.1 Å². The summed E-state index contributed by atoms with van der Waals surface area (Å²) in [7, 11) is 0. The third-order valence-electron chi connectivity index (χ3n) is 5.92. The first-order chi connectivity index (χ1) is 15.7. The van der Waals surface area contributed by atoms with Crippen LogP contribution in [0.1, 0.15) is 46.7 Å². The zero-order valence-electron chi connectivity index (χ0n) is 18.6. The Labute approximate surface area is 196 Å². The average Bonchev–Trinajstić information content (AvgIpc) is 2.76. The van der Waals surface area contributed by atoms with Gasteiger partial charge in [0.25, 0.3) is 0 Å². The van der Waals surface area contributed by atoms with Crippen LogP contribution in [-0.4, -0.2) is 22.9 Å². The van der Waals surface area contributed by atoms with E-state index in [9.17, 15) is 14.4 Å². The molecule has 1 aliphatic heterocycles. The van der Waals surface area contributed by atoms with E-state index in [0.29, 0.717) is 23.6 Å². The Morgan fingerprint density at radius 2 is 1.97 bits per heavy atom. The van der Waals surface area contributed by atoms with Gasteiger partial charge in [0.1, 0.15) is 6.61 Å². The number of fused-ring (bicyclic) bond motifs is 1. The van der Waals surface area contributed by atoms with E-state index in [1.165, 1.54) is 0 Å². The minimum absolute atomic E-state index is 0.0794. The molecule has 0 radical (unpaired) electrons. The number of rotatable bonds is 4. The van der Waals surface area contributed by atoms with Crippen LogP contribution in [0.25, 0.3) is 10.9 Å². The van der Waals surface area contributed by atoms with Crippen molar-refractivity contribution in [2.24, 2.45) is 0 Å². The van der Waals surface area contributed by atoms with Crippen molar-refractivity contribution >= 4 is 46.1 Å². The molecule has 2 aromatic carbocycles. The van der Waals surface area contributed by atoms with Gasteiger partial charge in [-0.1, -0.05) is 29.8 Å². The maximum absolute atomic E-state index is 12.4. The number of halogens is 1. The number of nitrogens with one attached hydrogen (secondary N) is 2. The number of ether oxygens (including phenoxy) is 1. The number of aryl methyl sites for hydroxylation is 3. The number of piperidine rings is 1. The van der Waals surface area contributed by atoms with Gasteiger partial charge in [-0.15, -0.1) is 0 Å². The third-order valence-corrected chi connectivity index (χ3v) is 6.33. The van der Waals surface area contributed by atoms with Crippen molar-refractivity contribution in [1.29, 1.82) is 0 Å². The van der Waals surface area contributed by atoms with Gasteiger partial charge in [0.2, 0.25) is 11.8 Å². The van der Waals surface area contributed by atoms with E-state index in [1.54, 1.807) is 12.1 Å². The summed E-state index contributed by atoms with van der Waals surface area (Å²) in [4.78, 5) is 40.8. The lowest BCUT2D eigenvalue weighted by Gasteiger charge is -2.24. The Morgan fingerprint density at radius 3 is 2.70 bits per heavy atom. The average molecular weight is 466 g/mol. The second-order valence-electron chi connectivity index (χ2n) is 8.26. The van der Waals surface area contributed by atoms with Crippen molar-refractivity contribution in [3.63, 3.8) is 0 Å². The molecule has 1 aliphatic rings. The minimum Gasteiger partial charge on any atom is -0.444 e. The highest BCUT2D eigenvalue weighted by Gasteiger charge is 2.31. The number of amides is 3. The molecule has 33 heavy (non-hydrogen) atoms. The van der Waals surface area contributed by atoms with Crippen molar-refractivity contribution in [3.8, 4) is 0 Å². The number of hydrogen-bond acceptors (Lipinski definition) is 5. The number of hydrogen-bond donors (Lipinski definition) is 2. The van der Waals surface area contributed by atoms with E-state index >= 15 is 0 Å². The lowest BCUT2D eigenvalue weighted by atomic mass is 9.85. The SMILES string of the molecule is Cc1ccc(NC(=O)OCc2ccc3c(C)c(C4CCC(=O)NC4=O)c(C)nc3c2)cc1Cl. The van der Waals surface area contributed by atoms with Crippen molar-refractivity contribution in [2.75, 3.05) is 5.32 Å². The molecule has 4 rings (SSSR count). The lowest BCUT2D eigenvalue weighted by Crippen LogP contribution is -2.40. The number of benzene rings is 2. The number of pyridine rings is 1. The van der Waals surface area contributed by atoms with Crippen molar-refractivity contribution < 1.29 is 19.1 Å². The van der Waals surface area contributed by atoms with E-state index in [4.69, 9.17) is 21.3 Å². The lowest BCUT2D eigenvalue weighted by molar-refractivity contribution is -0.134. The van der Waals surface area contributed by atoms with Gasteiger partial charge in [-0.25, -0.2) is 4.79 Å².